The minimum Gasteiger partial charge on any atom is -0.489 e. The molecular weight excluding hydrogens is 362 g/mol. The van der Waals surface area contributed by atoms with Crippen LogP contribution in [0.5, 0.6) is 5.75 Å². The fourth-order valence-electron chi connectivity index (χ4n) is 2.70. The summed E-state index contributed by atoms with van der Waals surface area (Å²) in [7, 11) is 0. The highest BCUT2D eigenvalue weighted by molar-refractivity contribution is 8.26. The van der Waals surface area contributed by atoms with Gasteiger partial charge in [0, 0.05) is 6.54 Å². The lowest BCUT2D eigenvalue weighted by Gasteiger charge is -2.11. The van der Waals surface area contributed by atoms with Crippen molar-refractivity contribution in [3.8, 4) is 5.75 Å². The molecule has 0 aliphatic carbocycles. The minimum absolute atomic E-state index is 0.00150. The maximum atomic E-state index is 12.4. The van der Waals surface area contributed by atoms with Crippen molar-refractivity contribution in [2.24, 2.45) is 0 Å². The van der Waals surface area contributed by atoms with Crippen molar-refractivity contribution in [1.82, 2.24) is 4.90 Å². The maximum absolute atomic E-state index is 12.4. The molecule has 1 aliphatic rings. The largest absolute Gasteiger partial charge is 0.489 e. The van der Waals surface area contributed by atoms with E-state index in [1.54, 1.807) is 4.90 Å². The van der Waals surface area contributed by atoms with Crippen molar-refractivity contribution in [2.75, 3.05) is 6.54 Å². The molecule has 0 saturated carbocycles. The molecule has 0 aromatic heterocycles. The second-order valence-electron chi connectivity index (χ2n) is 6.18. The van der Waals surface area contributed by atoms with E-state index in [-0.39, 0.29) is 5.91 Å². The fraction of sp³-hybridized carbons (Fsp3) is 0.238. The van der Waals surface area contributed by atoms with Crippen molar-refractivity contribution in [3.63, 3.8) is 0 Å². The molecule has 2 aromatic rings. The number of thiocarbonyl (C=S) groups is 1. The van der Waals surface area contributed by atoms with Crippen LogP contribution in [0.4, 0.5) is 0 Å². The molecule has 0 spiro atoms. The van der Waals surface area contributed by atoms with E-state index in [0.717, 1.165) is 23.3 Å². The number of aryl methyl sites for hydroxylation is 1. The van der Waals surface area contributed by atoms with E-state index in [1.165, 1.54) is 17.3 Å². The van der Waals surface area contributed by atoms with Crippen LogP contribution >= 0.6 is 24.0 Å². The predicted octanol–water partition coefficient (Wildman–Crippen LogP) is 5.19. The van der Waals surface area contributed by atoms with Crippen LogP contribution in [0.1, 0.15) is 30.0 Å². The van der Waals surface area contributed by atoms with Crippen molar-refractivity contribution in [2.45, 2.75) is 26.9 Å². The van der Waals surface area contributed by atoms with E-state index < -0.39 is 0 Å². The Balaban J connectivity index is 1.64. The van der Waals surface area contributed by atoms with Crippen molar-refractivity contribution in [3.05, 3.63) is 70.1 Å². The fourth-order valence-corrected chi connectivity index (χ4v) is 4.01. The van der Waals surface area contributed by atoms with Gasteiger partial charge < -0.3 is 4.74 Å². The molecule has 0 N–H and O–H groups in total. The summed E-state index contributed by atoms with van der Waals surface area (Å²) < 4.78 is 6.48. The topological polar surface area (TPSA) is 29.5 Å². The van der Waals surface area contributed by atoms with E-state index >= 15 is 0 Å². The summed E-state index contributed by atoms with van der Waals surface area (Å²) in [5, 5.41) is 0. The molecule has 0 atom stereocenters. The smallest absolute Gasteiger partial charge is 0.266 e. The lowest BCUT2D eigenvalue weighted by atomic mass is 10.1. The summed E-state index contributed by atoms with van der Waals surface area (Å²) in [6, 6.07) is 16.0. The zero-order chi connectivity index (χ0) is 18.5. The van der Waals surface area contributed by atoms with Gasteiger partial charge in [0.15, 0.2) is 0 Å². The van der Waals surface area contributed by atoms with Crippen LogP contribution in [-0.4, -0.2) is 21.7 Å². The summed E-state index contributed by atoms with van der Waals surface area (Å²) in [5.74, 6) is 0.809. The van der Waals surface area contributed by atoms with Crippen LogP contribution in [0.15, 0.2) is 53.4 Å². The Morgan fingerprint density at radius 1 is 1.19 bits per heavy atom. The number of thioether (sulfide) groups is 1. The zero-order valence-electron chi connectivity index (χ0n) is 14.9. The molecule has 1 amide bonds. The molecule has 3 nitrogen and oxygen atoms in total. The van der Waals surface area contributed by atoms with Crippen LogP contribution in [0.25, 0.3) is 6.08 Å². The van der Waals surface area contributed by atoms with Crippen LogP contribution in [-0.2, 0) is 11.4 Å². The number of amides is 1. The molecule has 0 unspecified atom stereocenters. The second kappa shape index (κ2) is 8.52. The van der Waals surface area contributed by atoms with Gasteiger partial charge in [-0.25, -0.2) is 0 Å². The molecule has 1 heterocycles. The van der Waals surface area contributed by atoms with E-state index in [9.17, 15) is 4.79 Å². The number of nitrogens with zero attached hydrogens (tertiary/aromatic N) is 1. The van der Waals surface area contributed by atoms with Crippen LogP contribution in [0, 0.1) is 6.92 Å². The van der Waals surface area contributed by atoms with Gasteiger partial charge in [-0.2, -0.15) is 0 Å². The van der Waals surface area contributed by atoms with Gasteiger partial charge in [-0.15, -0.1) is 0 Å². The molecule has 2 aromatic carbocycles. The quantitative estimate of drug-likeness (QED) is 0.507. The molecule has 1 aliphatic heterocycles. The lowest BCUT2D eigenvalue weighted by Crippen LogP contribution is -2.28. The average molecular weight is 384 g/mol. The van der Waals surface area contributed by atoms with E-state index in [4.69, 9.17) is 17.0 Å². The monoisotopic (exact) mass is 383 g/mol. The number of rotatable bonds is 6. The Kier molecular flexibility index (Phi) is 6.12. The van der Waals surface area contributed by atoms with Gasteiger partial charge in [-0.05, 0) is 42.7 Å². The number of carbonyl (C=O) groups is 1. The van der Waals surface area contributed by atoms with Crippen LogP contribution in [0.2, 0.25) is 0 Å². The molecule has 3 rings (SSSR count). The number of carbonyl (C=O) groups excluding carboxylic acids is 1. The van der Waals surface area contributed by atoms with Crippen molar-refractivity contribution >= 4 is 40.3 Å². The molecule has 0 radical (unpaired) electrons. The molecule has 26 heavy (non-hydrogen) atoms. The Morgan fingerprint density at radius 3 is 2.65 bits per heavy atom. The maximum Gasteiger partial charge on any atom is 0.266 e. The van der Waals surface area contributed by atoms with E-state index in [2.05, 4.69) is 25.1 Å². The average Bonchev–Trinajstić information content (AvgIpc) is 2.89. The highest BCUT2D eigenvalue weighted by Crippen LogP contribution is 2.32. The van der Waals surface area contributed by atoms with Gasteiger partial charge in [0.2, 0.25) is 0 Å². The van der Waals surface area contributed by atoms with E-state index in [0.29, 0.717) is 22.4 Å². The summed E-state index contributed by atoms with van der Waals surface area (Å²) in [6.45, 7) is 5.32. The molecule has 5 heteroatoms. The van der Waals surface area contributed by atoms with Gasteiger partial charge in [-0.1, -0.05) is 72.9 Å². The Labute approximate surface area is 164 Å². The Bertz CT molecular complexity index is 843. The second-order valence-corrected chi connectivity index (χ2v) is 7.86. The highest BCUT2D eigenvalue weighted by atomic mass is 32.2. The Hall–Kier alpha value is -2.11. The lowest BCUT2D eigenvalue weighted by molar-refractivity contribution is -0.122. The molecule has 1 saturated heterocycles. The van der Waals surface area contributed by atoms with E-state index in [1.807, 2.05) is 43.3 Å². The molecule has 1 fully saturated rings. The standard InChI is InChI=1S/C21H21NO2S2/c1-3-11-22-20(23)19(26-21(22)25)13-16-7-9-18(10-8-16)24-14-17-6-4-5-15(2)12-17/h4-10,12-13H,3,11,14H2,1-2H3/b19-13-. The van der Waals surface area contributed by atoms with Crippen molar-refractivity contribution < 1.29 is 9.53 Å². The third kappa shape index (κ3) is 4.54. The van der Waals surface area contributed by atoms with Gasteiger partial charge in [-0.3, -0.25) is 9.69 Å². The zero-order valence-corrected chi connectivity index (χ0v) is 16.5. The predicted molar refractivity (Wildman–Crippen MR) is 112 cm³/mol. The first-order valence-corrected chi connectivity index (χ1v) is 9.83. The summed E-state index contributed by atoms with van der Waals surface area (Å²) in [5.41, 5.74) is 3.33. The minimum atomic E-state index is 0.00150. The first-order chi connectivity index (χ1) is 12.6. The molecule has 0 bridgehead atoms. The normalized spacial score (nSPS) is 15.8. The summed E-state index contributed by atoms with van der Waals surface area (Å²) in [4.78, 5) is 14.7. The number of ether oxygens (including phenoxy) is 1. The first-order valence-electron chi connectivity index (χ1n) is 8.60. The van der Waals surface area contributed by atoms with Gasteiger partial charge in [0.25, 0.3) is 5.91 Å². The van der Waals surface area contributed by atoms with Gasteiger partial charge in [0.05, 0.1) is 4.91 Å². The Morgan fingerprint density at radius 2 is 1.96 bits per heavy atom. The van der Waals surface area contributed by atoms with Gasteiger partial charge in [0.1, 0.15) is 16.7 Å². The number of benzene rings is 2. The SMILES string of the molecule is CCCN1C(=O)/C(=C/c2ccc(OCc3cccc(C)c3)cc2)SC1=S. The summed E-state index contributed by atoms with van der Waals surface area (Å²) in [6.07, 6.45) is 2.78. The third-order valence-corrected chi connectivity index (χ3v) is 5.36. The summed E-state index contributed by atoms with van der Waals surface area (Å²) >= 11 is 6.66. The number of hydrogen-bond acceptors (Lipinski definition) is 4. The first kappa shape index (κ1) is 18.7. The number of hydrogen-bond donors (Lipinski definition) is 0. The van der Waals surface area contributed by atoms with Crippen LogP contribution in [0.3, 0.4) is 0 Å². The third-order valence-electron chi connectivity index (χ3n) is 3.99. The van der Waals surface area contributed by atoms with Crippen LogP contribution < -0.4 is 4.74 Å². The van der Waals surface area contributed by atoms with Gasteiger partial charge >= 0.3 is 0 Å². The molecule has 134 valence electrons. The van der Waals surface area contributed by atoms with Crippen molar-refractivity contribution in [1.29, 1.82) is 0 Å². The highest BCUT2D eigenvalue weighted by Gasteiger charge is 2.31. The molecular formula is C21H21NO2S2.